The first-order valence-electron chi connectivity index (χ1n) is 3.41. The fourth-order valence-corrected chi connectivity index (χ4v) is 0.921. The molecule has 3 nitrogen and oxygen atoms in total. The van der Waals surface area contributed by atoms with E-state index in [4.69, 9.17) is 15.2 Å². The van der Waals surface area contributed by atoms with Crippen molar-refractivity contribution in [3.8, 4) is 0 Å². The smallest absolute Gasteiger partial charge is 0.423 e. The molecule has 0 fully saturated rings. The molecule has 1 aromatic carbocycles. The SMILES string of the molecule is OCc1cccc(B(O)O)c1F. The van der Waals surface area contributed by atoms with Crippen LogP contribution in [0, 0.1) is 5.82 Å². The van der Waals surface area contributed by atoms with E-state index in [1.807, 2.05) is 0 Å². The third-order valence-corrected chi connectivity index (χ3v) is 1.56. The van der Waals surface area contributed by atoms with Gasteiger partial charge in [-0.3, -0.25) is 0 Å². The second kappa shape index (κ2) is 3.66. The van der Waals surface area contributed by atoms with Crippen LogP contribution in [0.1, 0.15) is 5.56 Å². The van der Waals surface area contributed by atoms with Gasteiger partial charge in [0.05, 0.1) is 6.61 Å². The zero-order chi connectivity index (χ0) is 9.14. The van der Waals surface area contributed by atoms with Gasteiger partial charge in [-0.05, 0) is 0 Å². The van der Waals surface area contributed by atoms with Crippen molar-refractivity contribution in [3.63, 3.8) is 0 Å². The van der Waals surface area contributed by atoms with Gasteiger partial charge in [-0.15, -0.1) is 0 Å². The maximum atomic E-state index is 13.0. The lowest BCUT2D eigenvalue weighted by molar-refractivity contribution is 0.276. The molecule has 1 aromatic rings. The Kier molecular flexibility index (Phi) is 2.81. The van der Waals surface area contributed by atoms with E-state index in [-0.39, 0.29) is 11.0 Å². The van der Waals surface area contributed by atoms with Gasteiger partial charge in [0.15, 0.2) is 0 Å². The summed E-state index contributed by atoms with van der Waals surface area (Å²) in [5.74, 6) is -0.769. The Bertz CT molecular complexity index is 277. The summed E-state index contributed by atoms with van der Waals surface area (Å²) in [7, 11) is -1.84. The molecule has 1 rings (SSSR count). The predicted octanol–water partition coefficient (Wildman–Crippen LogP) is -1.00. The summed E-state index contributed by atoms with van der Waals surface area (Å²) in [6.45, 7) is -0.452. The van der Waals surface area contributed by atoms with E-state index in [1.165, 1.54) is 18.2 Å². The van der Waals surface area contributed by atoms with Crippen LogP contribution in [-0.4, -0.2) is 22.3 Å². The normalized spacial score (nSPS) is 10.0. The Labute approximate surface area is 69.2 Å². The number of benzene rings is 1. The summed E-state index contributed by atoms with van der Waals surface area (Å²) in [4.78, 5) is 0. The molecule has 12 heavy (non-hydrogen) atoms. The van der Waals surface area contributed by atoms with Crippen LogP contribution in [0.5, 0.6) is 0 Å². The largest absolute Gasteiger partial charge is 0.491 e. The van der Waals surface area contributed by atoms with Crippen LogP contribution in [0.15, 0.2) is 18.2 Å². The monoisotopic (exact) mass is 170 g/mol. The van der Waals surface area contributed by atoms with Crippen molar-refractivity contribution in [2.75, 3.05) is 0 Å². The number of aliphatic hydroxyl groups is 1. The van der Waals surface area contributed by atoms with Crippen molar-refractivity contribution in [3.05, 3.63) is 29.6 Å². The van der Waals surface area contributed by atoms with Crippen molar-refractivity contribution in [1.82, 2.24) is 0 Å². The number of hydrogen-bond donors (Lipinski definition) is 3. The minimum Gasteiger partial charge on any atom is -0.423 e. The van der Waals surface area contributed by atoms with E-state index in [9.17, 15) is 4.39 Å². The molecule has 0 saturated carbocycles. The Morgan fingerprint density at radius 1 is 1.33 bits per heavy atom. The molecule has 3 N–H and O–H groups in total. The van der Waals surface area contributed by atoms with Crippen molar-refractivity contribution >= 4 is 12.6 Å². The van der Waals surface area contributed by atoms with Gasteiger partial charge in [0.25, 0.3) is 0 Å². The highest BCUT2D eigenvalue weighted by molar-refractivity contribution is 6.58. The Morgan fingerprint density at radius 3 is 2.50 bits per heavy atom. The maximum Gasteiger partial charge on any atom is 0.491 e. The van der Waals surface area contributed by atoms with Crippen LogP contribution in [0.25, 0.3) is 0 Å². The summed E-state index contributed by atoms with van der Waals surface area (Å²) in [5.41, 5.74) is -0.165. The van der Waals surface area contributed by atoms with E-state index in [0.29, 0.717) is 0 Å². The third kappa shape index (κ3) is 1.63. The summed E-state index contributed by atoms with van der Waals surface area (Å²) >= 11 is 0. The lowest BCUT2D eigenvalue weighted by atomic mass is 9.79. The van der Waals surface area contributed by atoms with Gasteiger partial charge < -0.3 is 15.2 Å². The van der Waals surface area contributed by atoms with Crippen LogP contribution in [0.3, 0.4) is 0 Å². The second-order valence-corrected chi connectivity index (χ2v) is 2.35. The topological polar surface area (TPSA) is 60.7 Å². The van der Waals surface area contributed by atoms with Crippen molar-refractivity contribution < 1.29 is 19.5 Å². The quantitative estimate of drug-likeness (QED) is 0.498. The van der Waals surface area contributed by atoms with E-state index in [1.54, 1.807) is 0 Å². The van der Waals surface area contributed by atoms with Crippen LogP contribution in [0.4, 0.5) is 4.39 Å². The fourth-order valence-electron chi connectivity index (χ4n) is 0.921. The molecule has 64 valence electrons. The first-order valence-corrected chi connectivity index (χ1v) is 3.41. The standard InChI is InChI=1S/C7H8BFO3/c9-7-5(4-10)2-1-3-6(7)8(11)12/h1-3,10-12H,4H2. The lowest BCUT2D eigenvalue weighted by Gasteiger charge is -2.04. The molecule has 0 atom stereocenters. The molecule has 0 aliphatic carbocycles. The van der Waals surface area contributed by atoms with Gasteiger partial charge in [-0.2, -0.15) is 0 Å². The molecule has 0 aliphatic heterocycles. The van der Waals surface area contributed by atoms with Crippen molar-refractivity contribution in [2.24, 2.45) is 0 Å². The number of aliphatic hydroxyl groups excluding tert-OH is 1. The fraction of sp³-hybridized carbons (Fsp3) is 0.143. The summed E-state index contributed by atoms with van der Waals surface area (Å²) < 4.78 is 13.0. The Balaban J connectivity index is 3.14. The van der Waals surface area contributed by atoms with E-state index in [2.05, 4.69) is 0 Å². The molecule has 0 aromatic heterocycles. The van der Waals surface area contributed by atoms with Crippen molar-refractivity contribution in [2.45, 2.75) is 6.61 Å². The molecular weight excluding hydrogens is 162 g/mol. The highest BCUT2D eigenvalue weighted by Crippen LogP contribution is 2.03. The predicted molar refractivity (Wildman–Crippen MR) is 42.1 cm³/mol. The molecular formula is C7H8BFO3. The Morgan fingerprint density at radius 2 is 2.00 bits per heavy atom. The molecule has 0 aliphatic rings. The number of hydrogen-bond acceptors (Lipinski definition) is 3. The highest BCUT2D eigenvalue weighted by atomic mass is 19.1. The van der Waals surface area contributed by atoms with Gasteiger partial charge in [0.2, 0.25) is 0 Å². The van der Waals surface area contributed by atoms with E-state index < -0.39 is 19.5 Å². The van der Waals surface area contributed by atoms with Gasteiger partial charge in [-0.1, -0.05) is 18.2 Å². The maximum absolute atomic E-state index is 13.0. The highest BCUT2D eigenvalue weighted by Gasteiger charge is 2.17. The molecule has 0 radical (unpaired) electrons. The van der Waals surface area contributed by atoms with Crippen LogP contribution < -0.4 is 5.46 Å². The van der Waals surface area contributed by atoms with Gasteiger partial charge in [-0.25, -0.2) is 4.39 Å². The third-order valence-electron chi connectivity index (χ3n) is 1.56. The number of halogens is 1. The van der Waals surface area contributed by atoms with Gasteiger partial charge >= 0.3 is 7.12 Å². The van der Waals surface area contributed by atoms with Crippen LogP contribution in [0.2, 0.25) is 0 Å². The first-order chi connectivity index (χ1) is 5.66. The average molecular weight is 170 g/mol. The zero-order valence-electron chi connectivity index (χ0n) is 6.24. The minimum absolute atomic E-state index is 0.0561. The molecule has 0 bridgehead atoms. The summed E-state index contributed by atoms with van der Waals surface area (Å²) in [6, 6.07) is 4.07. The molecule has 0 unspecified atom stereocenters. The zero-order valence-corrected chi connectivity index (χ0v) is 6.24. The number of rotatable bonds is 2. The van der Waals surface area contributed by atoms with E-state index >= 15 is 0 Å². The minimum atomic E-state index is -1.84. The first kappa shape index (κ1) is 9.19. The van der Waals surface area contributed by atoms with Gasteiger partial charge in [0.1, 0.15) is 5.82 Å². The average Bonchev–Trinajstić information content (AvgIpc) is 2.04. The van der Waals surface area contributed by atoms with E-state index in [0.717, 1.165) is 0 Å². The molecule has 0 spiro atoms. The second-order valence-electron chi connectivity index (χ2n) is 2.35. The van der Waals surface area contributed by atoms with Crippen molar-refractivity contribution in [1.29, 1.82) is 0 Å². The molecule has 0 amide bonds. The Hall–Kier alpha value is -0.905. The van der Waals surface area contributed by atoms with Crippen LogP contribution in [-0.2, 0) is 6.61 Å². The summed E-state index contributed by atoms with van der Waals surface area (Å²) in [6.07, 6.45) is 0. The summed E-state index contributed by atoms with van der Waals surface area (Å²) in [5, 5.41) is 25.9. The van der Waals surface area contributed by atoms with Gasteiger partial charge in [0, 0.05) is 11.0 Å². The molecule has 0 saturated heterocycles. The molecule has 5 heteroatoms. The van der Waals surface area contributed by atoms with Crippen LogP contribution >= 0.6 is 0 Å². The lowest BCUT2D eigenvalue weighted by Crippen LogP contribution is -2.33. The molecule has 0 heterocycles.